The van der Waals surface area contributed by atoms with Gasteiger partial charge in [-0.15, -0.1) is 0 Å². The number of rotatable bonds is 3. The van der Waals surface area contributed by atoms with E-state index in [0.717, 1.165) is 37.6 Å². The molecule has 0 saturated carbocycles. The van der Waals surface area contributed by atoms with Crippen molar-refractivity contribution in [2.75, 3.05) is 13.2 Å². The van der Waals surface area contributed by atoms with Crippen LogP contribution < -0.4 is 9.47 Å². The minimum absolute atomic E-state index is 0.701. The van der Waals surface area contributed by atoms with Crippen molar-refractivity contribution in [3.8, 4) is 11.5 Å². The molecule has 0 aliphatic carbocycles. The maximum absolute atomic E-state index is 5.66. The average molecular weight is 232 g/mol. The summed E-state index contributed by atoms with van der Waals surface area (Å²) in [6.45, 7) is 5.93. The number of ether oxygens (including phenoxy) is 2. The first-order valence-corrected chi connectivity index (χ1v) is 6.32. The molecule has 0 aromatic heterocycles. The monoisotopic (exact) mass is 232 g/mol. The molecular weight excluding hydrogens is 212 g/mol. The van der Waals surface area contributed by atoms with Crippen LogP contribution in [0.25, 0.3) is 6.08 Å². The fourth-order valence-corrected chi connectivity index (χ4v) is 1.76. The summed E-state index contributed by atoms with van der Waals surface area (Å²) in [5.41, 5.74) is 1.18. The number of fused-ring (bicyclic) bond motifs is 1. The Morgan fingerprint density at radius 1 is 1.18 bits per heavy atom. The molecule has 0 radical (unpaired) electrons. The van der Waals surface area contributed by atoms with Gasteiger partial charge >= 0.3 is 0 Å². The van der Waals surface area contributed by atoms with Gasteiger partial charge in [0.1, 0.15) is 0 Å². The second-order valence-electron chi connectivity index (χ2n) is 4.79. The third-order valence-corrected chi connectivity index (χ3v) is 2.69. The summed E-state index contributed by atoms with van der Waals surface area (Å²) in [5.74, 6) is 2.43. The van der Waals surface area contributed by atoms with E-state index in [1.165, 1.54) is 5.56 Å². The SMILES string of the molecule is CC(C)CC=Cc1ccc2c(c1)OCCCO2. The zero-order valence-corrected chi connectivity index (χ0v) is 10.6. The lowest BCUT2D eigenvalue weighted by Crippen LogP contribution is -1.97. The minimum Gasteiger partial charge on any atom is -0.490 e. The first-order chi connectivity index (χ1) is 8.25. The zero-order valence-electron chi connectivity index (χ0n) is 10.6. The maximum atomic E-state index is 5.66. The highest BCUT2D eigenvalue weighted by Gasteiger charge is 2.09. The summed E-state index contributed by atoms with van der Waals surface area (Å²) in [6.07, 6.45) is 6.42. The number of hydrogen-bond acceptors (Lipinski definition) is 2. The molecule has 1 aromatic carbocycles. The Morgan fingerprint density at radius 3 is 2.71 bits per heavy atom. The quantitative estimate of drug-likeness (QED) is 0.786. The van der Waals surface area contributed by atoms with Crippen LogP contribution in [0, 0.1) is 5.92 Å². The Hall–Kier alpha value is -1.44. The molecule has 0 saturated heterocycles. The Balaban J connectivity index is 2.09. The molecule has 1 aliphatic heterocycles. The summed E-state index contributed by atoms with van der Waals surface area (Å²) < 4.78 is 11.3. The summed E-state index contributed by atoms with van der Waals surface area (Å²) in [4.78, 5) is 0. The lowest BCUT2D eigenvalue weighted by molar-refractivity contribution is 0.297. The number of allylic oxidation sites excluding steroid dienone is 1. The predicted molar refractivity (Wildman–Crippen MR) is 70.5 cm³/mol. The molecule has 2 heteroatoms. The molecule has 92 valence electrons. The molecule has 2 rings (SSSR count). The molecule has 2 nitrogen and oxygen atoms in total. The van der Waals surface area contributed by atoms with Crippen LogP contribution >= 0.6 is 0 Å². The van der Waals surface area contributed by atoms with Crippen molar-refractivity contribution in [1.82, 2.24) is 0 Å². The highest BCUT2D eigenvalue weighted by atomic mass is 16.5. The standard InChI is InChI=1S/C15H20O2/c1-12(2)5-3-6-13-7-8-14-15(11-13)17-10-4-9-16-14/h3,6-8,11-12H,4-5,9-10H2,1-2H3. The average Bonchev–Trinajstić information content (AvgIpc) is 2.53. The van der Waals surface area contributed by atoms with Crippen LogP contribution in [-0.2, 0) is 0 Å². The van der Waals surface area contributed by atoms with Gasteiger partial charge in [0.25, 0.3) is 0 Å². The third-order valence-electron chi connectivity index (χ3n) is 2.69. The molecule has 17 heavy (non-hydrogen) atoms. The highest BCUT2D eigenvalue weighted by Crippen LogP contribution is 2.30. The van der Waals surface area contributed by atoms with Gasteiger partial charge in [0.05, 0.1) is 13.2 Å². The van der Waals surface area contributed by atoms with Gasteiger partial charge in [-0.2, -0.15) is 0 Å². The molecule has 0 amide bonds. The molecule has 0 N–H and O–H groups in total. The van der Waals surface area contributed by atoms with E-state index >= 15 is 0 Å². The van der Waals surface area contributed by atoms with E-state index in [9.17, 15) is 0 Å². The fraction of sp³-hybridized carbons (Fsp3) is 0.467. The second-order valence-corrected chi connectivity index (χ2v) is 4.79. The lowest BCUT2D eigenvalue weighted by atomic mass is 10.1. The van der Waals surface area contributed by atoms with E-state index in [1.807, 2.05) is 6.07 Å². The van der Waals surface area contributed by atoms with Gasteiger partial charge in [-0.3, -0.25) is 0 Å². The molecule has 0 fully saturated rings. The van der Waals surface area contributed by atoms with E-state index in [-0.39, 0.29) is 0 Å². The van der Waals surface area contributed by atoms with Crippen LogP contribution in [0.2, 0.25) is 0 Å². The summed E-state index contributed by atoms with van der Waals surface area (Å²) in [6, 6.07) is 6.12. The van der Waals surface area contributed by atoms with Crippen molar-refractivity contribution in [2.45, 2.75) is 26.7 Å². The van der Waals surface area contributed by atoms with Crippen LogP contribution in [0.1, 0.15) is 32.3 Å². The van der Waals surface area contributed by atoms with E-state index in [2.05, 4.69) is 38.1 Å². The molecule has 1 aliphatic rings. The molecule has 0 spiro atoms. The zero-order chi connectivity index (χ0) is 12.1. The Morgan fingerprint density at radius 2 is 1.94 bits per heavy atom. The molecule has 0 bridgehead atoms. The van der Waals surface area contributed by atoms with Gasteiger partial charge < -0.3 is 9.47 Å². The number of benzene rings is 1. The third kappa shape index (κ3) is 3.52. The maximum Gasteiger partial charge on any atom is 0.161 e. The molecule has 0 unspecified atom stereocenters. The van der Waals surface area contributed by atoms with Crippen molar-refractivity contribution in [1.29, 1.82) is 0 Å². The van der Waals surface area contributed by atoms with Gasteiger partial charge in [-0.05, 0) is 30.0 Å². The minimum atomic E-state index is 0.701. The van der Waals surface area contributed by atoms with Crippen LogP contribution in [0.4, 0.5) is 0 Å². The van der Waals surface area contributed by atoms with E-state index in [4.69, 9.17) is 9.47 Å². The van der Waals surface area contributed by atoms with Crippen molar-refractivity contribution in [2.24, 2.45) is 5.92 Å². The van der Waals surface area contributed by atoms with Crippen molar-refractivity contribution in [3.05, 3.63) is 29.8 Å². The summed E-state index contributed by atoms with van der Waals surface area (Å²) >= 11 is 0. The van der Waals surface area contributed by atoms with Gasteiger partial charge in [0.2, 0.25) is 0 Å². The highest BCUT2D eigenvalue weighted by molar-refractivity contribution is 5.56. The number of hydrogen-bond donors (Lipinski definition) is 0. The Labute approximate surface area is 103 Å². The van der Waals surface area contributed by atoms with Crippen molar-refractivity contribution in [3.63, 3.8) is 0 Å². The first kappa shape index (κ1) is 12.0. The molecular formula is C15H20O2. The summed E-state index contributed by atoms with van der Waals surface area (Å²) in [7, 11) is 0. The smallest absolute Gasteiger partial charge is 0.161 e. The van der Waals surface area contributed by atoms with Crippen molar-refractivity contribution < 1.29 is 9.47 Å². The van der Waals surface area contributed by atoms with Gasteiger partial charge in [-0.25, -0.2) is 0 Å². The topological polar surface area (TPSA) is 18.5 Å². The van der Waals surface area contributed by atoms with Crippen LogP contribution in [0.5, 0.6) is 11.5 Å². The van der Waals surface area contributed by atoms with E-state index in [1.54, 1.807) is 0 Å². The van der Waals surface area contributed by atoms with Crippen LogP contribution in [0.3, 0.4) is 0 Å². The van der Waals surface area contributed by atoms with E-state index in [0.29, 0.717) is 5.92 Å². The lowest BCUT2D eigenvalue weighted by Gasteiger charge is -2.07. The van der Waals surface area contributed by atoms with Gasteiger partial charge in [-0.1, -0.05) is 32.1 Å². The fourth-order valence-electron chi connectivity index (χ4n) is 1.76. The molecule has 0 atom stereocenters. The normalized spacial score (nSPS) is 15.2. The summed E-state index contributed by atoms with van der Waals surface area (Å²) in [5, 5.41) is 0. The van der Waals surface area contributed by atoms with Crippen LogP contribution in [0.15, 0.2) is 24.3 Å². The Kier molecular flexibility index (Phi) is 4.08. The first-order valence-electron chi connectivity index (χ1n) is 6.32. The van der Waals surface area contributed by atoms with E-state index < -0.39 is 0 Å². The second kappa shape index (κ2) is 5.76. The van der Waals surface area contributed by atoms with Gasteiger partial charge in [0.15, 0.2) is 11.5 Å². The Bertz CT molecular complexity index is 394. The van der Waals surface area contributed by atoms with Crippen LogP contribution in [-0.4, -0.2) is 13.2 Å². The predicted octanol–water partition coefficient (Wildman–Crippen LogP) is 3.91. The van der Waals surface area contributed by atoms with Gasteiger partial charge in [0, 0.05) is 6.42 Å². The molecule has 1 aromatic rings. The molecule has 1 heterocycles. The largest absolute Gasteiger partial charge is 0.490 e. The van der Waals surface area contributed by atoms with Crippen molar-refractivity contribution >= 4 is 6.08 Å².